The number of amides is 1. The zero-order valence-corrected chi connectivity index (χ0v) is 14.9. The number of piperidine rings is 1. The lowest BCUT2D eigenvalue weighted by atomic mass is 9.89. The van der Waals surface area contributed by atoms with Crippen LogP contribution in [0.1, 0.15) is 58.6 Å². The molecule has 0 aliphatic carbocycles. The molecule has 6 heteroatoms. The molecule has 0 aromatic carbocycles. The fourth-order valence-corrected chi connectivity index (χ4v) is 3.27. The Kier molecular flexibility index (Phi) is 6.57. The zero-order chi connectivity index (χ0) is 16.8. The van der Waals surface area contributed by atoms with Crippen molar-refractivity contribution in [2.75, 3.05) is 13.1 Å². The lowest BCUT2D eigenvalue weighted by Crippen LogP contribution is -2.50. The zero-order valence-electron chi connectivity index (χ0n) is 14.9. The standard InChI is InChI=1S/C17H31N5O/c1-5-13-10-22(11-16-19-15(6-2)20-21-16)8-7-14(13)18-17(23)9-12(3)4/h12-14H,5-11H2,1-4H3,(H,18,23)(H,19,20,21)/t13-,14+/m1/s1. The van der Waals surface area contributed by atoms with E-state index >= 15 is 0 Å². The summed E-state index contributed by atoms with van der Waals surface area (Å²) in [7, 11) is 0. The van der Waals surface area contributed by atoms with Crippen LogP contribution in [0.15, 0.2) is 0 Å². The average Bonchev–Trinajstić information content (AvgIpc) is 2.95. The smallest absolute Gasteiger partial charge is 0.220 e. The summed E-state index contributed by atoms with van der Waals surface area (Å²) in [5, 5.41) is 10.5. The molecular weight excluding hydrogens is 290 g/mol. The summed E-state index contributed by atoms with van der Waals surface area (Å²) >= 11 is 0. The highest BCUT2D eigenvalue weighted by molar-refractivity contribution is 5.76. The van der Waals surface area contributed by atoms with Gasteiger partial charge in [-0.05, 0) is 18.3 Å². The molecule has 1 saturated heterocycles. The highest BCUT2D eigenvalue weighted by atomic mass is 16.1. The third kappa shape index (κ3) is 5.30. The molecule has 130 valence electrons. The van der Waals surface area contributed by atoms with Crippen LogP contribution in [0, 0.1) is 11.8 Å². The topological polar surface area (TPSA) is 73.9 Å². The number of nitrogens with one attached hydrogen (secondary N) is 2. The molecule has 0 bridgehead atoms. The number of nitrogens with zero attached hydrogens (tertiary/aromatic N) is 3. The van der Waals surface area contributed by atoms with Crippen LogP contribution in [0.25, 0.3) is 0 Å². The van der Waals surface area contributed by atoms with Crippen molar-refractivity contribution in [2.45, 2.75) is 66.0 Å². The minimum atomic E-state index is 0.194. The summed E-state index contributed by atoms with van der Waals surface area (Å²) < 4.78 is 0. The molecule has 1 amide bonds. The Hall–Kier alpha value is -1.43. The molecule has 0 spiro atoms. The first-order chi connectivity index (χ1) is 11.0. The van der Waals surface area contributed by atoms with E-state index in [2.05, 4.69) is 53.1 Å². The van der Waals surface area contributed by atoms with E-state index in [0.717, 1.165) is 50.5 Å². The number of rotatable bonds is 7. The first-order valence-corrected chi connectivity index (χ1v) is 8.93. The van der Waals surface area contributed by atoms with E-state index in [9.17, 15) is 4.79 Å². The van der Waals surface area contributed by atoms with Crippen molar-refractivity contribution in [2.24, 2.45) is 11.8 Å². The molecule has 1 fully saturated rings. The van der Waals surface area contributed by atoms with Crippen LogP contribution in [-0.2, 0) is 17.8 Å². The first-order valence-electron chi connectivity index (χ1n) is 8.93. The molecule has 1 aliphatic rings. The molecule has 23 heavy (non-hydrogen) atoms. The van der Waals surface area contributed by atoms with Crippen LogP contribution in [0.5, 0.6) is 0 Å². The summed E-state index contributed by atoms with van der Waals surface area (Å²) in [6.45, 7) is 11.3. The van der Waals surface area contributed by atoms with Crippen LogP contribution < -0.4 is 5.32 Å². The highest BCUT2D eigenvalue weighted by Gasteiger charge is 2.29. The van der Waals surface area contributed by atoms with Crippen LogP contribution in [-0.4, -0.2) is 45.1 Å². The van der Waals surface area contributed by atoms with Crippen molar-refractivity contribution >= 4 is 5.91 Å². The predicted octanol–water partition coefficient (Wildman–Crippen LogP) is 2.13. The number of carbonyl (C=O) groups excluding carboxylic acids is 1. The Morgan fingerprint density at radius 1 is 1.43 bits per heavy atom. The van der Waals surface area contributed by atoms with Crippen molar-refractivity contribution < 1.29 is 4.79 Å². The summed E-state index contributed by atoms with van der Waals surface area (Å²) in [4.78, 5) is 19.0. The molecule has 6 nitrogen and oxygen atoms in total. The van der Waals surface area contributed by atoms with E-state index in [1.54, 1.807) is 0 Å². The Morgan fingerprint density at radius 2 is 2.22 bits per heavy atom. The molecule has 2 heterocycles. The summed E-state index contributed by atoms with van der Waals surface area (Å²) in [5.74, 6) is 2.93. The molecular formula is C17H31N5O. The van der Waals surface area contributed by atoms with Gasteiger partial charge in [-0.3, -0.25) is 14.8 Å². The third-order valence-corrected chi connectivity index (χ3v) is 4.55. The SMILES string of the molecule is CCc1n[nH]c(CN2CC[C@H](NC(=O)CC(C)C)[C@H](CC)C2)n1. The van der Waals surface area contributed by atoms with Crippen molar-refractivity contribution in [1.29, 1.82) is 0 Å². The maximum Gasteiger partial charge on any atom is 0.220 e. The number of H-pyrrole nitrogens is 1. The van der Waals surface area contributed by atoms with Crippen molar-refractivity contribution in [3.05, 3.63) is 11.6 Å². The lowest BCUT2D eigenvalue weighted by molar-refractivity contribution is -0.123. The highest BCUT2D eigenvalue weighted by Crippen LogP contribution is 2.21. The van der Waals surface area contributed by atoms with Crippen molar-refractivity contribution in [3.63, 3.8) is 0 Å². The van der Waals surface area contributed by atoms with Crippen LogP contribution >= 0.6 is 0 Å². The number of carbonyl (C=O) groups is 1. The Morgan fingerprint density at radius 3 is 2.83 bits per heavy atom. The number of hydrogen-bond acceptors (Lipinski definition) is 4. The molecule has 1 aromatic heterocycles. The normalized spacial score (nSPS) is 22.5. The second kappa shape index (κ2) is 8.43. The Bertz CT molecular complexity index is 499. The second-order valence-electron chi connectivity index (χ2n) is 7.02. The Labute approximate surface area is 139 Å². The van der Waals surface area contributed by atoms with Gasteiger partial charge in [0, 0.05) is 32.0 Å². The van der Waals surface area contributed by atoms with E-state index in [4.69, 9.17) is 0 Å². The van der Waals surface area contributed by atoms with Gasteiger partial charge in [-0.2, -0.15) is 5.10 Å². The average molecular weight is 321 g/mol. The molecule has 2 rings (SSSR count). The monoisotopic (exact) mass is 321 g/mol. The number of likely N-dealkylation sites (tertiary alicyclic amines) is 1. The Balaban J connectivity index is 1.86. The van der Waals surface area contributed by atoms with Gasteiger partial charge in [0.2, 0.25) is 5.91 Å². The van der Waals surface area contributed by atoms with E-state index < -0.39 is 0 Å². The summed E-state index contributed by atoms with van der Waals surface area (Å²) in [5.41, 5.74) is 0. The summed E-state index contributed by atoms with van der Waals surface area (Å²) in [6.07, 6.45) is 3.57. The third-order valence-electron chi connectivity index (χ3n) is 4.55. The first kappa shape index (κ1) is 17.9. The van der Waals surface area contributed by atoms with E-state index in [0.29, 0.717) is 24.3 Å². The van der Waals surface area contributed by atoms with Gasteiger partial charge >= 0.3 is 0 Å². The quantitative estimate of drug-likeness (QED) is 0.807. The number of aryl methyl sites for hydroxylation is 1. The van der Waals surface area contributed by atoms with Crippen molar-refractivity contribution in [3.8, 4) is 0 Å². The maximum atomic E-state index is 12.0. The van der Waals surface area contributed by atoms with Gasteiger partial charge < -0.3 is 5.32 Å². The fourth-order valence-electron chi connectivity index (χ4n) is 3.27. The lowest BCUT2D eigenvalue weighted by Gasteiger charge is -2.38. The van der Waals surface area contributed by atoms with Gasteiger partial charge in [0.15, 0.2) is 0 Å². The van der Waals surface area contributed by atoms with Gasteiger partial charge in [0.1, 0.15) is 11.6 Å². The maximum absolute atomic E-state index is 12.0. The van der Waals surface area contributed by atoms with Crippen molar-refractivity contribution in [1.82, 2.24) is 25.4 Å². The van der Waals surface area contributed by atoms with E-state index in [-0.39, 0.29) is 5.91 Å². The molecule has 0 unspecified atom stereocenters. The van der Waals surface area contributed by atoms with E-state index in [1.165, 1.54) is 0 Å². The summed E-state index contributed by atoms with van der Waals surface area (Å²) in [6, 6.07) is 0.309. The predicted molar refractivity (Wildman–Crippen MR) is 90.8 cm³/mol. The van der Waals surface area contributed by atoms with Gasteiger partial charge in [0.05, 0.1) is 6.54 Å². The van der Waals surface area contributed by atoms with Gasteiger partial charge in [-0.1, -0.05) is 34.1 Å². The van der Waals surface area contributed by atoms with E-state index in [1.807, 2.05) is 0 Å². The van der Waals surface area contributed by atoms with Crippen LogP contribution in [0.3, 0.4) is 0 Å². The second-order valence-corrected chi connectivity index (χ2v) is 7.02. The minimum Gasteiger partial charge on any atom is -0.353 e. The molecule has 0 saturated carbocycles. The number of aromatic nitrogens is 3. The van der Waals surface area contributed by atoms with Crippen LogP contribution in [0.4, 0.5) is 0 Å². The van der Waals surface area contributed by atoms with Crippen LogP contribution in [0.2, 0.25) is 0 Å². The fraction of sp³-hybridized carbons (Fsp3) is 0.824. The molecule has 1 aliphatic heterocycles. The van der Waals surface area contributed by atoms with Gasteiger partial charge in [0.25, 0.3) is 0 Å². The molecule has 2 atom stereocenters. The molecule has 1 aromatic rings. The molecule has 2 N–H and O–H groups in total. The number of hydrogen-bond donors (Lipinski definition) is 2. The molecule has 0 radical (unpaired) electrons. The van der Waals surface area contributed by atoms with Gasteiger partial charge in [-0.25, -0.2) is 4.98 Å². The minimum absolute atomic E-state index is 0.194. The number of aromatic amines is 1. The van der Waals surface area contributed by atoms with Gasteiger partial charge in [-0.15, -0.1) is 0 Å². The largest absolute Gasteiger partial charge is 0.353 e.